The summed E-state index contributed by atoms with van der Waals surface area (Å²) >= 11 is 6.71. The summed E-state index contributed by atoms with van der Waals surface area (Å²) in [4.78, 5) is 4.88. The first-order chi connectivity index (χ1) is 9.70. The van der Waals surface area contributed by atoms with Gasteiger partial charge in [0.1, 0.15) is 0 Å². The van der Waals surface area contributed by atoms with Gasteiger partial charge in [-0.2, -0.15) is 0 Å². The Labute approximate surface area is 126 Å². The van der Waals surface area contributed by atoms with Gasteiger partial charge in [-0.3, -0.25) is 4.98 Å². The average Bonchev–Trinajstić information content (AvgIpc) is 2.72. The van der Waals surface area contributed by atoms with Crippen molar-refractivity contribution in [1.29, 1.82) is 0 Å². The number of hydrogen-bond acceptors (Lipinski definition) is 1. The molecule has 0 aliphatic heterocycles. The molecule has 0 bridgehead atoms. The molecule has 1 aromatic carbocycles. The van der Waals surface area contributed by atoms with E-state index in [2.05, 4.69) is 32.0 Å². The van der Waals surface area contributed by atoms with Gasteiger partial charge < -0.3 is 0 Å². The number of hydrogen-bond donors (Lipinski definition) is 0. The van der Waals surface area contributed by atoms with Gasteiger partial charge in [0.15, 0.2) is 0 Å². The van der Waals surface area contributed by atoms with Crippen LogP contribution in [0, 0.1) is 0 Å². The Morgan fingerprint density at radius 2 is 2.00 bits per heavy atom. The minimum atomic E-state index is 0.578. The van der Waals surface area contributed by atoms with Crippen molar-refractivity contribution >= 4 is 22.5 Å². The summed E-state index contributed by atoms with van der Waals surface area (Å²) in [6.45, 7) is 4.50. The van der Waals surface area contributed by atoms with E-state index in [1.807, 2.05) is 0 Å². The number of aromatic nitrogens is 1. The summed E-state index contributed by atoms with van der Waals surface area (Å²) in [6, 6.07) is 6.61. The van der Waals surface area contributed by atoms with E-state index in [4.69, 9.17) is 16.6 Å². The van der Waals surface area contributed by atoms with Crippen LogP contribution in [0.15, 0.2) is 18.2 Å². The minimum absolute atomic E-state index is 0.578. The van der Waals surface area contributed by atoms with Crippen LogP contribution >= 0.6 is 11.6 Å². The summed E-state index contributed by atoms with van der Waals surface area (Å²) in [7, 11) is 0. The first-order valence-corrected chi connectivity index (χ1v) is 8.19. The maximum Gasteiger partial charge on any atom is 0.0720 e. The van der Waals surface area contributed by atoms with Crippen molar-refractivity contribution in [2.45, 2.75) is 58.3 Å². The zero-order valence-electron chi connectivity index (χ0n) is 12.4. The van der Waals surface area contributed by atoms with Crippen LogP contribution in [-0.2, 0) is 12.8 Å². The second-order valence-corrected chi connectivity index (χ2v) is 6.38. The van der Waals surface area contributed by atoms with Gasteiger partial charge in [0.25, 0.3) is 0 Å². The van der Waals surface area contributed by atoms with Crippen LogP contribution < -0.4 is 0 Å². The Hall–Kier alpha value is -1.08. The molecule has 106 valence electrons. The molecule has 2 aromatic rings. The van der Waals surface area contributed by atoms with Crippen LogP contribution in [-0.4, -0.2) is 4.98 Å². The normalized spacial score (nSPS) is 16.8. The second-order valence-electron chi connectivity index (χ2n) is 6.00. The fourth-order valence-corrected chi connectivity index (χ4v) is 3.46. The van der Waals surface area contributed by atoms with Crippen molar-refractivity contribution in [2.24, 2.45) is 0 Å². The van der Waals surface area contributed by atoms with Crippen molar-refractivity contribution < 1.29 is 0 Å². The molecule has 1 atom stereocenters. The molecule has 1 aliphatic carbocycles. The zero-order valence-corrected chi connectivity index (χ0v) is 13.1. The van der Waals surface area contributed by atoms with Crippen molar-refractivity contribution in [3.63, 3.8) is 0 Å². The summed E-state index contributed by atoms with van der Waals surface area (Å²) in [5.41, 5.74) is 4.97. The van der Waals surface area contributed by atoms with E-state index < -0.39 is 0 Å². The summed E-state index contributed by atoms with van der Waals surface area (Å²) in [5, 5.41) is 2.10. The van der Waals surface area contributed by atoms with Crippen LogP contribution in [0.5, 0.6) is 0 Å². The van der Waals surface area contributed by atoms with Gasteiger partial charge in [-0.1, -0.05) is 37.9 Å². The number of benzene rings is 1. The quantitative estimate of drug-likeness (QED) is 0.648. The molecule has 20 heavy (non-hydrogen) atoms. The van der Waals surface area contributed by atoms with Crippen LogP contribution in [0.3, 0.4) is 0 Å². The van der Waals surface area contributed by atoms with Crippen LogP contribution in [0.4, 0.5) is 0 Å². The van der Waals surface area contributed by atoms with Crippen molar-refractivity contribution in [3.8, 4) is 0 Å². The van der Waals surface area contributed by atoms with Crippen LogP contribution in [0.1, 0.15) is 62.3 Å². The lowest BCUT2D eigenvalue weighted by Gasteiger charge is -2.14. The Morgan fingerprint density at radius 3 is 2.80 bits per heavy atom. The highest BCUT2D eigenvalue weighted by Gasteiger charge is 2.16. The van der Waals surface area contributed by atoms with Gasteiger partial charge >= 0.3 is 0 Å². The summed E-state index contributed by atoms with van der Waals surface area (Å²) in [6.07, 6.45) is 7.10. The molecule has 1 nitrogen and oxygen atoms in total. The molecule has 1 heterocycles. The molecule has 0 spiro atoms. The lowest BCUT2D eigenvalue weighted by atomic mass is 9.96. The molecule has 1 aliphatic rings. The van der Waals surface area contributed by atoms with E-state index in [1.54, 1.807) is 0 Å². The maximum absolute atomic E-state index is 6.71. The van der Waals surface area contributed by atoms with Gasteiger partial charge in [0.05, 0.1) is 10.5 Å². The molecule has 0 saturated heterocycles. The number of rotatable bonds is 2. The van der Waals surface area contributed by atoms with Crippen LogP contribution in [0.25, 0.3) is 10.9 Å². The molecular formula is C18H22ClN. The largest absolute Gasteiger partial charge is 0.252 e. The Bertz CT molecular complexity index is 633. The van der Waals surface area contributed by atoms with Gasteiger partial charge in [-0.15, -0.1) is 0 Å². The highest BCUT2D eigenvalue weighted by Crippen LogP contribution is 2.34. The summed E-state index contributed by atoms with van der Waals surface area (Å²) in [5.74, 6) is 0.578. The molecule has 0 fully saturated rings. The van der Waals surface area contributed by atoms with Gasteiger partial charge in [-0.25, -0.2) is 0 Å². The first kappa shape index (κ1) is 13.9. The number of nitrogens with zero attached hydrogens (tertiary/aromatic N) is 1. The highest BCUT2D eigenvalue weighted by atomic mass is 35.5. The molecule has 2 heteroatoms. The maximum atomic E-state index is 6.71. The van der Waals surface area contributed by atoms with E-state index in [9.17, 15) is 0 Å². The van der Waals surface area contributed by atoms with Crippen LogP contribution in [0.2, 0.25) is 5.02 Å². The van der Waals surface area contributed by atoms with Crippen molar-refractivity contribution in [1.82, 2.24) is 4.98 Å². The third kappa shape index (κ3) is 2.44. The number of pyridine rings is 1. The van der Waals surface area contributed by atoms with E-state index in [1.165, 1.54) is 36.1 Å². The zero-order chi connectivity index (χ0) is 14.1. The predicted molar refractivity (Wildman–Crippen MR) is 86.7 cm³/mol. The summed E-state index contributed by atoms with van der Waals surface area (Å²) < 4.78 is 0. The molecule has 0 radical (unpaired) electrons. The third-order valence-electron chi connectivity index (χ3n) is 4.65. The monoisotopic (exact) mass is 287 g/mol. The predicted octanol–water partition coefficient (Wildman–Crippen LogP) is 5.67. The molecule has 3 rings (SSSR count). The van der Waals surface area contributed by atoms with E-state index >= 15 is 0 Å². The molecule has 0 amide bonds. The number of halogens is 1. The van der Waals surface area contributed by atoms with E-state index in [0.29, 0.717) is 5.92 Å². The number of aryl methyl sites for hydroxylation is 1. The van der Waals surface area contributed by atoms with Gasteiger partial charge in [0, 0.05) is 11.1 Å². The highest BCUT2D eigenvalue weighted by molar-refractivity contribution is 6.36. The lowest BCUT2D eigenvalue weighted by molar-refractivity contribution is 0.709. The Kier molecular flexibility index (Phi) is 3.98. The SMILES string of the molecule is CCC(C)c1ccc2nc3c(c(Cl)c2c1)CCCCC3. The first-order valence-electron chi connectivity index (χ1n) is 7.81. The molecule has 1 unspecified atom stereocenters. The van der Waals surface area contributed by atoms with E-state index in [-0.39, 0.29) is 0 Å². The smallest absolute Gasteiger partial charge is 0.0720 e. The molecule has 0 N–H and O–H groups in total. The number of fused-ring (bicyclic) bond motifs is 2. The topological polar surface area (TPSA) is 12.9 Å². The van der Waals surface area contributed by atoms with Crippen molar-refractivity contribution in [2.75, 3.05) is 0 Å². The van der Waals surface area contributed by atoms with E-state index in [0.717, 1.165) is 35.2 Å². The Morgan fingerprint density at radius 1 is 1.20 bits per heavy atom. The van der Waals surface area contributed by atoms with Gasteiger partial charge in [-0.05, 0) is 61.3 Å². The third-order valence-corrected chi connectivity index (χ3v) is 5.08. The standard InChI is InChI=1S/C18H22ClN/c1-3-12(2)13-9-10-17-15(11-13)18(19)14-7-5-4-6-8-16(14)20-17/h9-12H,3-8H2,1-2H3. The fraction of sp³-hybridized carbons (Fsp3) is 0.500. The minimum Gasteiger partial charge on any atom is -0.252 e. The lowest BCUT2D eigenvalue weighted by Crippen LogP contribution is -1.99. The second kappa shape index (κ2) is 5.73. The molecule has 1 aromatic heterocycles. The Balaban J connectivity index is 2.17. The average molecular weight is 288 g/mol. The van der Waals surface area contributed by atoms with Gasteiger partial charge in [0.2, 0.25) is 0 Å². The fourth-order valence-electron chi connectivity index (χ4n) is 3.10. The van der Waals surface area contributed by atoms with Crippen molar-refractivity contribution in [3.05, 3.63) is 40.0 Å². The molecule has 0 saturated carbocycles. The molecular weight excluding hydrogens is 266 g/mol.